The molecule has 134 valence electrons. The number of rotatable bonds is 5. The summed E-state index contributed by atoms with van der Waals surface area (Å²) in [7, 11) is 1.62. The minimum absolute atomic E-state index is 0.266. The maximum absolute atomic E-state index is 12.4. The average Bonchev–Trinajstić information content (AvgIpc) is 3.34. The fourth-order valence-electron chi connectivity index (χ4n) is 3.12. The largest absolute Gasteiger partial charge is 0.497 e. The lowest BCUT2D eigenvalue weighted by molar-refractivity contribution is 0.0922. The molecule has 0 saturated carbocycles. The van der Waals surface area contributed by atoms with Gasteiger partial charge in [0.15, 0.2) is 11.6 Å². The Balaban J connectivity index is 1.42. The molecular weight excluding hydrogens is 332 g/mol. The highest BCUT2D eigenvalue weighted by Crippen LogP contribution is 2.24. The van der Waals surface area contributed by atoms with Gasteiger partial charge >= 0.3 is 0 Å². The fourth-order valence-corrected chi connectivity index (χ4v) is 3.12. The first-order valence-corrected chi connectivity index (χ1v) is 8.68. The molecule has 0 radical (unpaired) electrons. The van der Waals surface area contributed by atoms with E-state index >= 15 is 0 Å². The second-order valence-electron chi connectivity index (χ2n) is 6.22. The van der Waals surface area contributed by atoms with E-state index in [9.17, 15) is 4.79 Å². The number of fused-ring (bicyclic) bond motifs is 1. The number of amides is 1. The van der Waals surface area contributed by atoms with E-state index in [0.717, 1.165) is 48.8 Å². The highest BCUT2D eigenvalue weighted by molar-refractivity contribution is 5.92. The van der Waals surface area contributed by atoms with Gasteiger partial charge in [-0.15, -0.1) is 10.2 Å². The van der Waals surface area contributed by atoms with Crippen LogP contribution in [0.3, 0.4) is 0 Å². The lowest BCUT2D eigenvalue weighted by Crippen LogP contribution is -2.25. The van der Waals surface area contributed by atoms with Gasteiger partial charge in [-0.2, -0.15) is 0 Å². The molecule has 1 aliphatic heterocycles. The van der Waals surface area contributed by atoms with Crippen LogP contribution in [-0.4, -0.2) is 27.8 Å². The van der Waals surface area contributed by atoms with E-state index in [1.165, 1.54) is 0 Å². The highest BCUT2D eigenvalue weighted by atomic mass is 16.5. The lowest BCUT2D eigenvalue weighted by atomic mass is 10.2. The number of aromatic nitrogens is 3. The van der Waals surface area contributed by atoms with Crippen LogP contribution < -0.4 is 10.1 Å². The Morgan fingerprint density at radius 3 is 2.85 bits per heavy atom. The third-order valence-corrected chi connectivity index (χ3v) is 4.55. The Kier molecular flexibility index (Phi) is 4.43. The summed E-state index contributed by atoms with van der Waals surface area (Å²) in [5.74, 6) is 3.20. The summed E-state index contributed by atoms with van der Waals surface area (Å²) in [6, 6.07) is 10.9. The van der Waals surface area contributed by atoms with Gasteiger partial charge in [0.1, 0.15) is 17.3 Å². The summed E-state index contributed by atoms with van der Waals surface area (Å²) >= 11 is 0. The number of nitrogens with zero attached hydrogens (tertiary/aromatic N) is 3. The van der Waals surface area contributed by atoms with Crippen molar-refractivity contribution >= 4 is 5.91 Å². The third kappa shape index (κ3) is 3.20. The average molecular weight is 352 g/mol. The number of carbonyl (C=O) groups is 1. The predicted molar refractivity (Wildman–Crippen MR) is 94.8 cm³/mol. The predicted octanol–water partition coefficient (Wildman–Crippen LogP) is 2.81. The highest BCUT2D eigenvalue weighted by Gasteiger charge is 2.17. The molecule has 26 heavy (non-hydrogen) atoms. The number of carbonyl (C=O) groups excluding carboxylic acids is 1. The van der Waals surface area contributed by atoms with Gasteiger partial charge in [0.2, 0.25) is 0 Å². The zero-order valence-corrected chi connectivity index (χ0v) is 14.6. The maximum atomic E-state index is 12.4. The Morgan fingerprint density at radius 2 is 2.04 bits per heavy atom. The molecule has 1 amide bonds. The monoisotopic (exact) mass is 352 g/mol. The molecule has 1 N–H and O–H groups in total. The molecular formula is C19H20N4O3. The molecule has 0 unspecified atom stereocenters. The van der Waals surface area contributed by atoms with Crippen molar-refractivity contribution in [1.29, 1.82) is 0 Å². The number of furan rings is 1. The topological polar surface area (TPSA) is 82.2 Å². The van der Waals surface area contributed by atoms with Gasteiger partial charge in [0.05, 0.1) is 13.7 Å². The molecule has 2 aromatic heterocycles. The van der Waals surface area contributed by atoms with Crippen LogP contribution in [-0.2, 0) is 19.5 Å². The quantitative estimate of drug-likeness (QED) is 0.763. The minimum Gasteiger partial charge on any atom is -0.497 e. The molecule has 1 aromatic carbocycles. The Labute approximate surface area is 151 Å². The molecule has 0 atom stereocenters. The van der Waals surface area contributed by atoms with Crippen molar-refractivity contribution in [1.82, 2.24) is 20.1 Å². The second kappa shape index (κ2) is 7.03. The van der Waals surface area contributed by atoms with Crippen LogP contribution in [0.2, 0.25) is 0 Å². The van der Waals surface area contributed by atoms with Crippen molar-refractivity contribution in [2.24, 2.45) is 0 Å². The van der Waals surface area contributed by atoms with Crippen LogP contribution >= 0.6 is 0 Å². The minimum atomic E-state index is -0.266. The van der Waals surface area contributed by atoms with Crippen LogP contribution in [0.1, 0.15) is 35.0 Å². The zero-order valence-electron chi connectivity index (χ0n) is 14.6. The zero-order chi connectivity index (χ0) is 17.9. The lowest BCUT2D eigenvalue weighted by Gasteiger charge is -2.14. The first-order chi connectivity index (χ1) is 12.7. The number of methoxy groups -OCH3 is 1. The normalized spacial score (nSPS) is 13.3. The van der Waals surface area contributed by atoms with Crippen molar-refractivity contribution in [2.45, 2.75) is 32.4 Å². The van der Waals surface area contributed by atoms with Gasteiger partial charge in [0.25, 0.3) is 5.91 Å². The van der Waals surface area contributed by atoms with E-state index in [0.29, 0.717) is 12.3 Å². The summed E-state index contributed by atoms with van der Waals surface area (Å²) in [5.41, 5.74) is 0.886. The van der Waals surface area contributed by atoms with Crippen LogP contribution in [0.5, 0.6) is 5.75 Å². The molecule has 0 bridgehead atoms. The van der Waals surface area contributed by atoms with E-state index in [1.54, 1.807) is 19.2 Å². The van der Waals surface area contributed by atoms with Crippen molar-refractivity contribution < 1.29 is 13.9 Å². The summed E-state index contributed by atoms with van der Waals surface area (Å²) < 4.78 is 12.9. The smallest absolute Gasteiger partial charge is 0.287 e. The van der Waals surface area contributed by atoms with Gasteiger partial charge in [-0.1, -0.05) is 0 Å². The van der Waals surface area contributed by atoms with Crippen LogP contribution in [0, 0.1) is 0 Å². The van der Waals surface area contributed by atoms with E-state index in [4.69, 9.17) is 9.15 Å². The van der Waals surface area contributed by atoms with E-state index < -0.39 is 0 Å². The van der Waals surface area contributed by atoms with E-state index in [-0.39, 0.29) is 11.7 Å². The number of ether oxygens (including phenoxy) is 1. The van der Waals surface area contributed by atoms with Crippen LogP contribution in [0.4, 0.5) is 0 Å². The summed E-state index contributed by atoms with van der Waals surface area (Å²) in [4.78, 5) is 12.4. The van der Waals surface area contributed by atoms with Crippen molar-refractivity contribution in [3.63, 3.8) is 0 Å². The van der Waals surface area contributed by atoms with Gasteiger partial charge in [-0.3, -0.25) is 4.79 Å². The maximum Gasteiger partial charge on any atom is 0.287 e. The van der Waals surface area contributed by atoms with Crippen LogP contribution in [0.15, 0.2) is 40.8 Å². The molecule has 3 aromatic rings. The number of hydrogen-bond acceptors (Lipinski definition) is 5. The Hall–Kier alpha value is -3.09. The standard InChI is InChI=1S/C19H20N4O3/c1-25-14-7-5-13(6-8-14)15-9-10-16(26-15)19(24)20-12-18-22-21-17-4-2-3-11-23(17)18/h5-10H,2-4,11-12H2,1H3,(H,20,24). The van der Waals surface area contributed by atoms with E-state index in [1.807, 2.05) is 24.3 Å². The molecule has 7 heteroatoms. The summed E-state index contributed by atoms with van der Waals surface area (Å²) in [5, 5.41) is 11.2. The summed E-state index contributed by atoms with van der Waals surface area (Å²) in [6.07, 6.45) is 3.21. The molecule has 0 spiro atoms. The first-order valence-electron chi connectivity index (χ1n) is 8.68. The van der Waals surface area contributed by atoms with Gasteiger partial charge < -0.3 is 19.0 Å². The number of benzene rings is 1. The summed E-state index contributed by atoms with van der Waals surface area (Å²) in [6.45, 7) is 1.25. The third-order valence-electron chi connectivity index (χ3n) is 4.55. The van der Waals surface area contributed by atoms with Gasteiger partial charge in [0, 0.05) is 18.5 Å². The molecule has 0 aliphatic carbocycles. The number of aryl methyl sites for hydroxylation is 1. The van der Waals surface area contributed by atoms with Crippen LogP contribution in [0.25, 0.3) is 11.3 Å². The first kappa shape index (κ1) is 16.4. The van der Waals surface area contributed by atoms with Gasteiger partial charge in [-0.25, -0.2) is 0 Å². The Bertz CT molecular complexity index is 911. The Morgan fingerprint density at radius 1 is 1.19 bits per heavy atom. The molecule has 0 fully saturated rings. The molecule has 3 heterocycles. The molecule has 7 nitrogen and oxygen atoms in total. The van der Waals surface area contributed by atoms with Crippen molar-refractivity contribution in [2.75, 3.05) is 7.11 Å². The van der Waals surface area contributed by atoms with Gasteiger partial charge in [-0.05, 0) is 49.2 Å². The number of hydrogen-bond donors (Lipinski definition) is 1. The molecule has 4 rings (SSSR count). The second-order valence-corrected chi connectivity index (χ2v) is 6.22. The van der Waals surface area contributed by atoms with Crippen molar-refractivity contribution in [3.8, 4) is 17.1 Å². The number of nitrogens with one attached hydrogen (secondary N) is 1. The fraction of sp³-hybridized carbons (Fsp3) is 0.316. The SMILES string of the molecule is COc1ccc(-c2ccc(C(=O)NCc3nnc4n3CCCC4)o2)cc1. The molecule has 1 aliphatic rings. The molecule has 0 saturated heterocycles. The van der Waals surface area contributed by atoms with E-state index in [2.05, 4.69) is 20.1 Å². The van der Waals surface area contributed by atoms with Crippen molar-refractivity contribution in [3.05, 3.63) is 53.8 Å².